The van der Waals surface area contributed by atoms with Crippen LogP contribution in [-0.2, 0) is 38.0 Å². The van der Waals surface area contributed by atoms with Gasteiger partial charge >= 0.3 is 6.03 Å². The van der Waals surface area contributed by atoms with E-state index in [0.717, 1.165) is 23.4 Å². The molecule has 0 aliphatic carbocycles. The number of carbonyl (C=O) groups is 1. The number of nitrogens with one attached hydrogen (secondary N) is 1. The average Bonchev–Trinajstić information content (AvgIpc) is 3.05. The van der Waals surface area contributed by atoms with E-state index in [4.69, 9.17) is 4.74 Å². The van der Waals surface area contributed by atoms with E-state index in [-0.39, 0.29) is 31.3 Å². The molecule has 2 heterocycles. The minimum Gasteiger partial charge on any atom is -0.370 e. The second kappa shape index (κ2) is 8.81. The summed E-state index contributed by atoms with van der Waals surface area (Å²) in [6.07, 6.45) is 0.585. The van der Waals surface area contributed by atoms with Crippen LogP contribution in [0.5, 0.6) is 0 Å². The van der Waals surface area contributed by atoms with Crippen LogP contribution in [0.1, 0.15) is 22.5 Å². The van der Waals surface area contributed by atoms with E-state index in [0.29, 0.717) is 24.2 Å². The number of aryl methyl sites for hydroxylation is 1. The summed E-state index contributed by atoms with van der Waals surface area (Å²) in [4.78, 5) is 14.2. The monoisotopic (exact) mass is 430 g/mol. The molecule has 162 valence electrons. The molecule has 0 spiro atoms. The summed E-state index contributed by atoms with van der Waals surface area (Å²) in [5.74, 6) is -1.87. The largest absolute Gasteiger partial charge is 0.370 e. The van der Waals surface area contributed by atoms with Crippen molar-refractivity contribution in [1.29, 1.82) is 0 Å². The number of anilines is 1. The Balaban J connectivity index is 1.42. The van der Waals surface area contributed by atoms with Crippen molar-refractivity contribution < 1.29 is 22.7 Å². The second-order valence-corrected chi connectivity index (χ2v) is 7.34. The topological polar surface area (TPSA) is 59.4 Å². The molecule has 0 unspecified atom stereocenters. The third kappa shape index (κ3) is 4.72. The van der Waals surface area contributed by atoms with Gasteiger partial charge in [-0.25, -0.2) is 18.0 Å². The van der Waals surface area contributed by atoms with Crippen molar-refractivity contribution in [2.75, 3.05) is 11.9 Å². The van der Waals surface area contributed by atoms with Gasteiger partial charge in [0.1, 0.15) is 17.5 Å². The van der Waals surface area contributed by atoms with Crippen LogP contribution >= 0.6 is 0 Å². The first-order valence-electron chi connectivity index (χ1n) is 9.77. The lowest BCUT2D eigenvalue weighted by molar-refractivity contribution is 0.103. The van der Waals surface area contributed by atoms with Crippen LogP contribution in [0.15, 0.2) is 42.5 Å². The van der Waals surface area contributed by atoms with Crippen LogP contribution < -0.4 is 5.32 Å². The van der Waals surface area contributed by atoms with E-state index in [1.54, 1.807) is 21.7 Å². The first-order chi connectivity index (χ1) is 14.9. The summed E-state index contributed by atoms with van der Waals surface area (Å²) >= 11 is 0. The highest BCUT2D eigenvalue weighted by Crippen LogP contribution is 2.24. The van der Waals surface area contributed by atoms with Crippen LogP contribution in [-0.4, -0.2) is 27.3 Å². The number of carbonyl (C=O) groups excluding carboxylic acids is 1. The molecule has 2 amide bonds. The minimum absolute atomic E-state index is 0.0815. The summed E-state index contributed by atoms with van der Waals surface area (Å²) < 4.78 is 47.7. The standard InChI is InChI=1S/C22H21F3N4O2/c1-28-21-7-8-29(22(30)26-19-6-5-16(24)10-18(19)25)11-17(21)20(27-28)13-31-12-14-3-2-4-15(23)9-14/h2-6,9-10H,7-8,11-13H2,1H3,(H,26,30). The fourth-order valence-electron chi connectivity index (χ4n) is 3.64. The predicted molar refractivity (Wildman–Crippen MR) is 108 cm³/mol. The Morgan fingerprint density at radius 2 is 1.94 bits per heavy atom. The Labute approximate surface area is 177 Å². The molecule has 31 heavy (non-hydrogen) atoms. The molecule has 1 aromatic heterocycles. The lowest BCUT2D eigenvalue weighted by atomic mass is 10.1. The van der Waals surface area contributed by atoms with Gasteiger partial charge in [0, 0.05) is 37.3 Å². The van der Waals surface area contributed by atoms with Crippen molar-refractivity contribution >= 4 is 11.7 Å². The van der Waals surface area contributed by atoms with E-state index in [1.807, 2.05) is 7.05 Å². The number of urea groups is 1. The number of aromatic nitrogens is 2. The molecular weight excluding hydrogens is 409 g/mol. The Morgan fingerprint density at radius 1 is 1.13 bits per heavy atom. The summed E-state index contributed by atoms with van der Waals surface area (Å²) in [5.41, 5.74) is 3.21. The molecular formula is C22H21F3N4O2. The lowest BCUT2D eigenvalue weighted by Crippen LogP contribution is -2.39. The van der Waals surface area contributed by atoms with Gasteiger partial charge in [0.25, 0.3) is 0 Å². The third-order valence-electron chi connectivity index (χ3n) is 5.18. The zero-order valence-corrected chi connectivity index (χ0v) is 16.9. The molecule has 4 rings (SSSR count). The van der Waals surface area contributed by atoms with Gasteiger partial charge in [0.2, 0.25) is 0 Å². The summed E-state index contributed by atoms with van der Waals surface area (Å²) in [6.45, 7) is 1.17. The Morgan fingerprint density at radius 3 is 2.71 bits per heavy atom. The summed E-state index contributed by atoms with van der Waals surface area (Å²) in [6, 6.07) is 8.69. The van der Waals surface area contributed by atoms with Gasteiger partial charge in [-0.05, 0) is 29.8 Å². The zero-order chi connectivity index (χ0) is 22.0. The molecule has 0 atom stereocenters. The normalized spacial score (nSPS) is 13.2. The highest BCUT2D eigenvalue weighted by molar-refractivity contribution is 5.89. The molecule has 1 aliphatic heterocycles. The molecule has 2 aromatic carbocycles. The molecule has 1 N–H and O–H groups in total. The van der Waals surface area contributed by atoms with Gasteiger partial charge in [0.05, 0.1) is 31.1 Å². The summed E-state index contributed by atoms with van der Waals surface area (Å²) in [5, 5.41) is 6.99. The van der Waals surface area contributed by atoms with Crippen LogP contribution in [0.2, 0.25) is 0 Å². The molecule has 1 aliphatic rings. The Kier molecular flexibility index (Phi) is 5.94. The molecule has 0 radical (unpaired) electrons. The van der Waals surface area contributed by atoms with Crippen molar-refractivity contribution in [3.05, 3.63) is 82.4 Å². The molecule has 0 saturated heterocycles. The number of amides is 2. The quantitative estimate of drug-likeness (QED) is 0.662. The Bertz CT molecular complexity index is 1120. The third-order valence-corrected chi connectivity index (χ3v) is 5.18. The van der Waals surface area contributed by atoms with Crippen LogP contribution in [0, 0.1) is 17.5 Å². The molecule has 0 fully saturated rings. The van der Waals surface area contributed by atoms with E-state index in [1.165, 1.54) is 18.2 Å². The summed E-state index contributed by atoms with van der Waals surface area (Å²) in [7, 11) is 1.83. The first kappa shape index (κ1) is 20.9. The maximum Gasteiger partial charge on any atom is 0.322 e. The van der Waals surface area contributed by atoms with E-state index < -0.39 is 17.7 Å². The first-order valence-corrected chi connectivity index (χ1v) is 9.77. The molecule has 9 heteroatoms. The van der Waals surface area contributed by atoms with Crippen LogP contribution in [0.3, 0.4) is 0 Å². The number of benzene rings is 2. The number of rotatable bonds is 5. The fourth-order valence-corrected chi connectivity index (χ4v) is 3.64. The lowest BCUT2D eigenvalue weighted by Gasteiger charge is -2.28. The number of hydrogen-bond acceptors (Lipinski definition) is 3. The predicted octanol–water partition coefficient (Wildman–Crippen LogP) is 4.14. The number of ether oxygens (including phenoxy) is 1. The maximum atomic E-state index is 13.9. The molecule has 0 saturated carbocycles. The van der Waals surface area contributed by atoms with E-state index >= 15 is 0 Å². The average molecular weight is 430 g/mol. The highest BCUT2D eigenvalue weighted by Gasteiger charge is 2.27. The second-order valence-electron chi connectivity index (χ2n) is 7.34. The van der Waals surface area contributed by atoms with E-state index in [9.17, 15) is 18.0 Å². The number of hydrogen-bond donors (Lipinski definition) is 1. The van der Waals surface area contributed by atoms with Crippen LogP contribution in [0.25, 0.3) is 0 Å². The SMILES string of the molecule is Cn1nc(COCc2cccc(F)c2)c2c1CCN(C(=O)Nc1ccc(F)cc1F)C2. The van der Waals surface area contributed by atoms with Gasteiger partial charge in [-0.3, -0.25) is 4.68 Å². The fraction of sp³-hybridized carbons (Fsp3) is 0.273. The van der Waals surface area contributed by atoms with Crippen molar-refractivity contribution in [3.63, 3.8) is 0 Å². The van der Waals surface area contributed by atoms with Crippen molar-refractivity contribution in [2.45, 2.75) is 26.2 Å². The van der Waals surface area contributed by atoms with E-state index in [2.05, 4.69) is 10.4 Å². The van der Waals surface area contributed by atoms with Crippen molar-refractivity contribution in [2.24, 2.45) is 7.05 Å². The van der Waals surface area contributed by atoms with Gasteiger partial charge in [-0.1, -0.05) is 12.1 Å². The number of fused-ring (bicyclic) bond motifs is 1. The van der Waals surface area contributed by atoms with Crippen LogP contribution in [0.4, 0.5) is 23.7 Å². The van der Waals surface area contributed by atoms with Gasteiger partial charge in [0.15, 0.2) is 0 Å². The molecule has 6 nitrogen and oxygen atoms in total. The smallest absolute Gasteiger partial charge is 0.322 e. The van der Waals surface area contributed by atoms with Gasteiger partial charge in [-0.2, -0.15) is 5.10 Å². The molecule has 3 aromatic rings. The Hall–Kier alpha value is -3.33. The van der Waals surface area contributed by atoms with Crippen molar-refractivity contribution in [1.82, 2.24) is 14.7 Å². The van der Waals surface area contributed by atoms with Gasteiger partial charge in [-0.15, -0.1) is 0 Å². The zero-order valence-electron chi connectivity index (χ0n) is 16.9. The number of nitrogens with zero attached hydrogens (tertiary/aromatic N) is 3. The van der Waals surface area contributed by atoms with Gasteiger partial charge < -0.3 is 15.0 Å². The minimum atomic E-state index is -0.834. The van der Waals surface area contributed by atoms with Crippen molar-refractivity contribution in [3.8, 4) is 0 Å². The number of halogens is 3. The maximum absolute atomic E-state index is 13.9. The highest BCUT2D eigenvalue weighted by atomic mass is 19.1. The molecule has 0 bridgehead atoms.